The molecule has 1 aromatic carbocycles. The molecule has 4 aromatic rings. The Morgan fingerprint density at radius 1 is 1.16 bits per heavy atom. The number of carbonyl (C=O) groups is 5. The van der Waals surface area contributed by atoms with Crippen LogP contribution in [0, 0.1) is 17.3 Å². The van der Waals surface area contributed by atoms with E-state index in [1.165, 1.54) is 27.3 Å². The predicted octanol–water partition coefficient (Wildman–Crippen LogP) is 6.63. The highest BCUT2D eigenvalue weighted by Crippen LogP contribution is 2.42. The van der Waals surface area contributed by atoms with Gasteiger partial charge in [0.15, 0.2) is 0 Å². The van der Waals surface area contributed by atoms with Gasteiger partial charge >= 0.3 is 12.0 Å². The fourth-order valence-corrected chi connectivity index (χ4v) is 10.9. The van der Waals surface area contributed by atoms with E-state index < -0.39 is 41.3 Å². The largest absolute Gasteiger partial charge is 0.464 e. The highest BCUT2D eigenvalue weighted by molar-refractivity contribution is 7.10. The Kier molecular flexibility index (Phi) is 15.5. The summed E-state index contributed by atoms with van der Waals surface area (Å²) >= 11 is 1.41. The third kappa shape index (κ3) is 10.3. The number of ether oxygens (including phenoxy) is 2. The molecule has 0 unspecified atom stereocenters. The maximum Gasteiger partial charge on any atom is 0.324 e. The summed E-state index contributed by atoms with van der Waals surface area (Å²) in [7, 11) is 5.02. The molecule has 366 valence electrons. The number of likely N-dealkylation sites (tertiary alicyclic amines) is 1. The summed E-state index contributed by atoms with van der Waals surface area (Å²) in [6.07, 6.45) is 5.04. The number of nitrogens with zero attached hydrogens (tertiary/aromatic N) is 7. The summed E-state index contributed by atoms with van der Waals surface area (Å²) in [5, 5.41) is 8.14. The maximum atomic E-state index is 14.7. The summed E-state index contributed by atoms with van der Waals surface area (Å²) in [5.41, 5.74) is 9.27. The first-order valence-electron chi connectivity index (χ1n) is 23.9. The fraction of sp³-hybridized carbons (Fsp3) is 0.549. The van der Waals surface area contributed by atoms with Crippen molar-refractivity contribution in [3.63, 3.8) is 0 Å². The first-order valence-corrected chi connectivity index (χ1v) is 24.8. The molecule has 6 bridgehead atoms. The van der Waals surface area contributed by atoms with Crippen molar-refractivity contribution < 1.29 is 33.4 Å². The lowest BCUT2D eigenvalue weighted by Crippen LogP contribution is -2.65. The minimum atomic E-state index is -1.08. The Balaban J connectivity index is 1.23. The number of fused-ring (bicyclic) bond motifs is 6. The SMILES string of the molecule is C=CC(=O)N(C)CC[C@H]1[C@@H](C)CN1C(=O)N(C)[C@H](C(=O)N[C@H]1Cc2nc(cs2)-c2ccc3c(c2)c(c(-c2cccnc2[C@H](C)OC)n3CC)CC(C)(C)COC(=O)[C@@H]2CCCN(N2)C1=O)C(C)C. The van der Waals surface area contributed by atoms with Crippen molar-refractivity contribution in [1.82, 2.24) is 45.0 Å². The molecule has 2 saturated heterocycles. The Morgan fingerprint density at radius 2 is 1.93 bits per heavy atom. The van der Waals surface area contributed by atoms with Gasteiger partial charge in [-0.1, -0.05) is 47.3 Å². The minimum absolute atomic E-state index is 0.0766. The monoisotopic (exact) mass is 952 g/mol. The van der Waals surface area contributed by atoms with Crippen molar-refractivity contribution in [1.29, 1.82) is 0 Å². The standard InChI is InChI=1S/C51H69N9O7S/c1-12-43(61)56(9)23-20-40-31(5)27-59(40)50(65)57(10)45(30(3)4)47(62)54-38-25-42-53-39(28-68-42)33-18-19-41-35(24-33)36(46(58(41)13-2)34-16-14-21-52-44(34)32(6)66-11)26-51(7,8)29-67-49(64)37-17-15-22-60(55-37)48(38)63/h12,14,16,18-19,21,24,28,30-32,37-38,40,45,55H,1,13,15,17,20,22-23,25-27,29H2,2-11H3,(H,54,62)/t31-,32-,37-,38-,40-,45-/m0/s1. The van der Waals surface area contributed by atoms with E-state index in [1.807, 2.05) is 32.2 Å². The van der Waals surface area contributed by atoms with Gasteiger partial charge in [-0.2, -0.15) is 0 Å². The molecule has 68 heavy (non-hydrogen) atoms. The van der Waals surface area contributed by atoms with Crippen LogP contribution in [0.25, 0.3) is 33.4 Å². The number of thiazole rings is 1. The highest BCUT2D eigenvalue weighted by Gasteiger charge is 2.44. The normalized spacial score (nSPS) is 21.6. The zero-order valence-corrected chi connectivity index (χ0v) is 42.2. The van der Waals surface area contributed by atoms with E-state index in [9.17, 15) is 24.0 Å². The van der Waals surface area contributed by atoms with Crippen LogP contribution in [0.4, 0.5) is 4.79 Å². The van der Waals surface area contributed by atoms with Crippen LogP contribution in [0.1, 0.15) is 90.1 Å². The van der Waals surface area contributed by atoms with Crippen molar-refractivity contribution >= 4 is 52.0 Å². The fourth-order valence-electron chi connectivity index (χ4n) is 10.1. The number of aryl methyl sites for hydroxylation is 1. The number of amides is 5. The summed E-state index contributed by atoms with van der Waals surface area (Å²) in [6.45, 7) is 19.8. The molecule has 0 spiro atoms. The smallest absolute Gasteiger partial charge is 0.324 e. The van der Waals surface area contributed by atoms with Crippen molar-refractivity contribution in [3.05, 3.63) is 70.8 Å². The van der Waals surface area contributed by atoms with Gasteiger partial charge in [0.25, 0.3) is 5.91 Å². The molecule has 0 saturated carbocycles. The zero-order valence-electron chi connectivity index (χ0n) is 41.3. The van der Waals surface area contributed by atoms with E-state index in [1.54, 1.807) is 37.2 Å². The second-order valence-electron chi connectivity index (χ2n) is 19.8. The number of hydrogen-bond acceptors (Lipinski definition) is 11. The van der Waals surface area contributed by atoms with E-state index in [2.05, 4.69) is 73.8 Å². The molecular weight excluding hydrogens is 883 g/mol. The molecule has 5 amide bonds. The van der Waals surface area contributed by atoms with Crippen molar-refractivity contribution in [3.8, 4) is 22.5 Å². The van der Waals surface area contributed by atoms with Crippen molar-refractivity contribution in [2.45, 2.75) is 117 Å². The second-order valence-corrected chi connectivity index (χ2v) is 20.7. The molecule has 6 heterocycles. The van der Waals surface area contributed by atoms with E-state index in [4.69, 9.17) is 19.4 Å². The quantitative estimate of drug-likeness (QED) is 0.116. The Hall–Kier alpha value is -5.65. The number of benzene rings is 1. The topological polar surface area (TPSA) is 172 Å². The number of aromatic nitrogens is 3. The van der Waals surface area contributed by atoms with Gasteiger partial charge in [0, 0.05) is 98.9 Å². The second kappa shape index (κ2) is 20.9. The van der Waals surface area contributed by atoms with Crippen LogP contribution in [-0.4, -0.2) is 136 Å². The summed E-state index contributed by atoms with van der Waals surface area (Å²) in [4.78, 5) is 84.2. The number of pyridine rings is 1. The number of esters is 1. The number of likely N-dealkylation sites (N-methyl/N-ethyl adjacent to an activating group) is 2. The van der Waals surface area contributed by atoms with Gasteiger partial charge in [-0.25, -0.2) is 15.2 Å². The van der Waals surface area contributed by atoms with E-state index in [0.717, 1.165) is 44.7 Å². The Labute approximate surface area is 404 Å². The lowest BCUT2D eigenvalue weighted by atomic mass is 9.84. The summed E-state index contributed by atoms with van der Waals surface area (Å²) in [6, 6.07) is 7.22. The molecule has 3 aliphatic rings. The van der Waals surface area contributed by atoms with E-state index in [0.29, 0.717) is 56.9 Å². The molecule has 7 rings (SSSR count). The molecule has 3 aromatic heterocycles. The van der Waals surface area contributed by atoms with Crippen LogP contribution in [0.15, 0.2) is 54.6 Å². The van der Waals surface area contributed by atoms with Crippen LogP contribution in [-0.2, 0) is 48.0 Å². The molecular formula is C51H69N9O7S. The average molecular weight is 952 g/mol. The number of cyclic esters (lactones) is 1. The van der Waals surface area contributed by atoms with Crippen LogP contribution in [0.5, 0.6) is 0 Å². The molecule has 17 heteroatoms. The maximum absolute atomic E-state index is 14.7. The molecule has 2 N–H and O–H groups in total. The lowest BCUT2D eigenvalue weighted by molar-refractivity contribution is -0.155. The lowest BCUT2D eigenvalue weighted by Gasteiger charge is -2.49. The summed E-state index contributed by atoms with van der Waals surface area (Å²) in [5.74, 6) is -1.64. The molecule has 2 fully saturated rings. The van der Waals surface area contributed by atoms with Gasteiger partial charge in [0.2, 0.25) is 11.8 Å². The Bertz CT molecular complexity index is 2530. The zero-order chi connectivity index (χ0) is 49.2. The highest BCUT2D eigenvalue weighted by atomic mass is 32.1. The molecule has 0 radical (unpaired) electrons. The number of urea groups is 1. The van der Waals surface area contributed by atoms with E-state index in [-0.39, 0.29) is 48.9 Å². The third-order valence-corrected chi connectivity index (χ3v) is 14.7. The minimum Gasteiger partial charge on any atom is -0.464 e. The number of rotatable bonds is 12. The van der Waals surface area contributed by atoms with Crippen LogP contribution in [0.2, 0.25) is 0 Å². The molecule has 3 aliphatic heterocycles. The molecule has 0 aliphatic carbocycles. The first-order chi connectivity index (χ1) is 32.4. The van der Waals surface area contributed by atoms with Crippen LogP contribution >= 0.6 is 11.3 Å². The van der Waals surface area contributed by atoms with Gasteiger partial charge in [-0.3, -0.25) is 29.2 Å². The number of hydrazine groups is 1. The average Bonchev–Trinajstić information content (AvgIpc) is 3.92. The number of nitrogens with one attached hydrogen (secondary N) is 2. The van der Waals surface area contributed by atoms with Gasteiger partial charge in [-0.05, 0) is 87.3 Å². The van der Waals surface area contributed by atoms with Gasteiger partial charge in [0.05, 0.1) is 34.8 Å². The van der Waals surface area contributed by atoms with Crippen molar-refractivity contribution in [2.24, 2.45) is 17.3 Å². The van der Waals surface area contributed by atoms with Crippen LogP contribution < -0.4 is 10.7 Å². The van der Waals surface area contributed by atoms with Gasteiger partial charge in [0.1, 0.15) is 18.1 Å². The van der Waals surface area contributed by atoms with Crippen LogP contribution in [0.3, 0.4) is 0 Å². The third-order valence-electron chi connectivity index (χ3n) is 13.9. The number of hydrogen-bond donors (Lipinski definition) is 2. The number of carbonyl (C=O) groups excluding carboxylic acids is 5. The first kappa shape index (κ1) is 50.2. The van der Waals surface area contributed by atoms with Gasteiger partial charge < -0.3 is 34.1 Å². The molecule has 6 atom stereocenters. The van der Waals surface area contributed by atoms with Gasteiger partial charge in [-0.15, -0.1) is 11.3 Å². The Morgan fingerprint density at radius 3 is 2.62 bits per heavy atom. The summed E-state index contributed by atoms with van der Waals surface area (Å²) < 4.78 is 14.3. The number of methoxy groups -OCH3 is 1. The molecule has 16 nitrogen and oxygen atoms in total. The van der Waals surface area contributed by atoms with Crippen molar-refractivity contribution in [2.75, 3.05) is 47.4 Å². The van der Waals surface area contributed by atoms with E-state index >= 15 is 0 Å². The predicted molar refractivity (Wildman–Crippen MR) is 263 cm³/mol.